The van der Waals surface area contributed by atoms with Gasteiger partial charge in [0.2, 0.25) is 0 Å². The van der Waals surface area contributed by atoms with E-state index in [-0.39, 0.29) is 18.0 Å². The van der Waals surface area contributed by atoms with Gasteiger partial charge in [0.15, 0.2) is 9.84 Å². The molecule has 30 heavy (non-hydrogen) atoms. The zero-order chi connectivity index (χ0) is 21.6. The Morgan fingerprint density at radius 1 is 1.00 bits per heavy atom. The third kappa shape index (κ3) is 5.44. The van der Waals surface area contributed by atoms with E-state index in [1.54, 1.807) is 42.0 Å². The Bertz CT molecular complexity index is 1100. The topological polar surface area (TPSA) is 105 Å². The highest BCUT2D eigenvalue weighted by atomic mass is 35.5. The van der Waals surface area contributed by atoms with Crippen molar-refractivity contribution in [2.75, 3.05) is 6.54 Å². The van der Waals surface area contributed by atoms with Crippen LogP contribution in [0.5, 0.6) is 0 Å². The van der Waals surface area contributed by atoms with Crippen molar-refractivity contribution in [3.63, 3.8) is 0 Å². The quantitative estimate of drug-likeness (QED) is 0.524. The molecule has 0 aliphatic carbocycles. The van der Waals surface area contributed by atoms with Crippen LogP contribution in [0.15, 0.2) is 71.2 Å². The van der Waals surface area contributed by atoms with Crippen LogP contribution in [-0.4, -0.2) is 31.8 Å². The molecule has 1 atom stereocenters. The minimum Gasteiger partial charge on any atom is -0.346 e. The predicted octanol–water partition coefficient (Wildman–Crippen LogP) is 2.74. The van der Waals surface area contributed by atoms with Gasteiger partial charge < -0.3 is 10.6 Å². The van der Waals surface area contributed by atoms with Gasteiger partial charge in [-0.1, -0.05) is 17.7 Å². The molecule has 0 aliphatic rings. The molecule has 2 aromatic heterocycles. The number of aromatic nitrogens is 1. The predicted molar refractivity (Wildman–Crippen MR) is 115 cm³/mol. The third-order valence-corrected chi connectivity index (χ3v) is 7.72. The molecule has 2 heterocycles. The number of sulfone groups is 1. The van der Waals surface area contributed by atoms with Crippen molar-refractivity contribution in [1.29, 1.82) is 0 Å². The Labute approximate surface area is 183 Å². The largest absolute Gasteiger partial charge is 0.346 e. The second-order valence-corrected chi connectivity index (χ2v) is 9.80. The number of nitrogens with zero attached hydrogens (tertiary/aromatic N) is 1. The fraction of sp³-hybridized carbons (Fsp3) is 0.150. The number of rotatable bonds is 7. The molecule has 0 fully saturated rings. The molecule has 3 aromatic rings. The zero-order valence-corrected chi connectivity index (χ0v) is 18.0. The van der Waals surface area contributed by atoms with Gasteiger partial charge in [0, 0.05) is 35.4 Å². The average molecular weight is 464 g/mol. The molecule has 3 rings (SSSR count). The van der Waals surface area contributed by atoms with Crippen molar-refractivity contribution in [1.82, 2.24) is 15.6 Å². The number of amides is 2. The Morgan fingerprint density at radius 2 is 1.67 bits per heavy atom. The maximum atomic E-state index is 13.1. The number of hydrogen-bond acceptors (Lipinski definition) is 6. The first-order chi connectivity index (χ1) is 14.4. The van der Waals surface area contributed by atoms with Crippen LogP contribution in [-0.2, 0) is 26.0 Å². The molecule has 0 radical (unpaired) electrons. The summed E-state index contributed by atoms with van der Waals surface area (Å²) in [5, 5.41) is 6.06. The fourth-order valence-corrected chi connectivity index (χ4v) is 5.57. The lowest BCUT2D eigenvalue weighted by atomic mass is 10.3. The number of benzene rings is 1. The molecular formula is C20H18ClN3O4S2. The fourth-order valence-electron chi connectivity index (χ4n) is 2.66. The van der Waals surface area contributed by atoms with Crippen LogP contribution in [0, 0.1) is 0 Å². The summed E-state index contributed by atoms with van der Waals surface area (Å²) in [5.41, 5.74) is 0.785. The van der Waals surface area contributed by atoms with Crippen LogP contribution in [0.2, 0.25) is 5.02 Å². The van der Waals surface area contributed by atoms with Gasteiger partial charge in [0.1, 0.15) is 5.25 Å². The van der Waals surface area contributed by atoms with Gasteiger partial charge in [0.05, 0.1) is 4.90 Å². The van der Waals surface area contributed by atoms with Gasteiger partial charge >= 0.3 is 11.8 Å². The lowest BCUT2D eigenvalue weighted by Crippen LogP contribution is -2.42. The smallest absolute Gasteiger partial charge is 0.309 e. The van der Waals surface area contributed by atoms with Gasteiger partial charge in [0.25, 0.3) is 0 Å². The van der Waals surface area contributed by atoms with E-state index in [1.165, 1.54) is 35.6 Å². The number of hydrogen-bond donors (Lipinski definition) is 2. The molecule has 1 aromatic carbocycles. The molecule has 10 heteroatoms. The number of carbonyl (C=O) groups is 2. The number of pyridine rings is 1. The van der Waals surface area contributed by atoms with Crippen LogP contribution in [0.1, 0.15) is 15.7 Å². The van der Waals surface area contributed by atoms with Crippen LogP contribution < -0.4 is 10.6 Å². The van der Waals surface area contributed by atoms with E-state index in [4.69, 9.17) is 11.6 Å². The van der Waals surface area contributed by atoms with E-state index in [9.17, 15) is 18.0 Å². The van der Waals surface area contributed by atoms with Crippen molar-refractivity contribution < 1.29 is 18.0 Å². The van der Waals surface area contributed by atoms with Crippen LogP contribution >= 0.6 is 22.9 Å². The molecule has 0 bridgehead atoms. The molecule has 0 unspecified atom stereocenters. The molecule has 0 saturated carbocycles. The van der Waals surface area contributed by atoms with Crippen molar-refractivity contribution in [3.05, 3.63) is 81.8 Å². The minimum absolute atomic E-state index is 0.0849. The molecule has 2 amide bonds. The monoisotopic (exact) mass is 463 g/mol. The second-order valence-electron chi connectivity index (χ2n) is 6.25. The highest BCUT2D eigenvalue weighted by Gasteiger charge is 2.31. The maximum Gasteiger partial charge on any atom is 0.309 e. The summed E-state index contributed by atoms with van der Waals surface area (Å²) < 4.78 is 26.3. The molecule has 7 nitrogen and oxygen atoms in total. The number of carbonyl (C=O) groups excluding carboxylic acids is 2. The summed E-state index contributed by atoms with van der Waals surface area (Å²) in [6, 6.07) is 12.7. The summed E-state index contributed by atoms with van der Waals surface area (Å²) in [4.78, 5) is 28.8. The van der Waals surface area contributed by atoms with Crippen LogP contribution in [0.3, 0.4) is 0 Å². The van der Waals surface area contributed by atoms with Crippen molar-refractivity contribution in [3.8, 4) is 0 Å². The lowest BCUT2D eigenvalue weighted by molar-refractivity contribution is -0.139. The van der Waals surface area contributed by atoms with E-state index in [0.717, 1.165) is 5.56 Å². The van der Waals surface area contributed by atoms with Crippen molar-refractivity contribution in [2.45, 2.75) is 16.7 Å². The van der Waals surface area contributed by atoms with Gasteiger partial charge in [-0.3, -0.25) is 14.6 Å². The number of halogens is 1. The van der Waals surface area contributed by atoms with Crippen LogP contribution in [0.25, 0.3) is 0 Å². The van der Waals surface area contributed by atoms with E-state index in [2.05, 4.69) is 15.6 Å². The SMILES string of the molecule is O=C(NCc1ccncc1)C(=O)NC[C@H](c1cccs1)S(=O)(=O)c1ccc(Cl)cc1. The highest BCUT2D eigenvalue weighted by molar-refractivity contribution is 7.91. The Balaban J connectivity index is 1.69. The van der Waals surface area contributed by atoms with Crippen molar-refractivity contribution >= 4 is 44.6 Å². The summed E-state index contributed by atoms with van der Waals surface area (Å²) in [7, 11) is -3.82. The molecular weight excluding hydrogens is 446 g/mol. The Hall–Kier alpha value is -2.75. The first kappa shape index (κ1) is 21.9. The number of thiophene rings is 1. The molecule has 0 spiro atoms. The molecule has 156 valence electrons. The molecule has 0 saturated heterocycles. The molecule has 2 N–H and O–H groups in total. The summed E-state index contributed by atoms with van der Waals surface area (Å²) in [6.07, 6.45) is 3.16. The Kier molecular flexibility index (Phi) is 7.20. The highest BCUT2D eigenvalue weighted by Crippen LogP contribution is 2.31. The van der Waals surface area contributed by atoms with Gasteiger partial charge in [-0.05, 0) is 53.4 Å². The maximum absolute atomic E-state index is 13.1. The standard InChI is InChI=1S/C20H18ClN3O4S2/c21-15-3-5-16(6-4-15)30(27,28)18(17-2-1-11-29-17)13-24-20(26)19(25)23-12-14-7-9-22-10-8-14/h1-11,18H,12-13H2,(H,23,25)(H,24,26)/t18-/m1/s1. The van der Waals surface area contributed by atoms with E-state index in [1.807, 2.05) is 0 Å². The van der Waals surface area contributed by atoms with E-state index >= 15 is 0 Å². The van der Waals surface area contributed by atoms with Gasteiger partial charge in [-0.2, -0.15) is 0 Å². The first-order valence-corrected chi connectivity index (χ1v) is 11.7. The minimum atomic E-state index is -3.82. The molecule has 0 aliphatic heterocycles. The summed E-state index contributed by atoms with van der Waals surface area (Å²) in [6.45, 7) is -0.0841. The van der Waals surface area contributed by atoms with Gasteiger partial charge in [-0.15, -0.1) is 11.3 Å². The third-order valence-electron chi connectivity index (χ3n) is 4.23. The second kappa shape index (κ2) is 9.84. The van der Waals surface area contributed by atoms with E-state index in [0.29, 0.717) is 9.90 Å². The van der Waals surface area contributed by atoms with Crippen molar-refractivity contribution in [2.24, 2.45) is 0 Å². The summed E-state index contributed by atoms with van der Waals surface area (Å²) in [5.74, 6) is -1.75. The van der Waals surface area contributed by atoms with Gasteiger partial charge in [-0.25, -0.2) is 8.42 Å². The summed E-state index contributed by atoms with van der Waals surface area (Å²) >= 11 is 7.12. The average Bonchev–Trinajstić information content (AvgIpc) is 3.27. The van der Waals surface area contributed by atoms with E-state index < -0.39 is 26.9 Å². The lowest BCUT2D eigenvalue weighted by Gasteiger charge is -2.17. The zero-order valence-electron chi connectivity index (χ0n) is 15.6. The van der Waals surface area contributed by atoms with Crippen LogP contribution in [0.4, 0.5) is 0 Å². The first-order valence-electron chi connectivity index (χ1n) is 8.85. The number of nitrogens with one attached hydrogen (secondary N) is 2. The Morgan fingerprint density at radius 3 is 2.30 bits per heavy atom. The normalized spacial score (nSPS) is 12.2.